The zero-order valence-corrected chi connectivity index (χ0v) is 25.8. The first-order valence-electron chi connectivity index (χ1n) is 14.4. The summed E-state index contributed by atoms with van der Waals surface area (Å²) in [6.07, 6.45) is 1.44. The molecule has 2 aromatic heterocycles. The third kappa shape index (κ3) is 8.40. The lowest BCUT2D eigenvalue weighted by molar-refractivity contribution is -0.171. The number of anilines is 1. The second-order valence-corrected chi connectivity index (χ2v) is 11.3. The molecule has 10 nitrogen and oxygen atoms in total. The number of methoxy groups -OCH3 is 1. The number of hydrogen-bond acceptors (Lipinski definition) is 7. The molecule has 1 aliphatic heterocycles. The van der Waals surface area contributed by atoms with Gasteiger partial charge in [0.2, 0.25) is 5.91 Å². The summed E-state index contributed by atoms with van der Waals surface area (Å²) in [5.74, 6) is -2.12. The predicted molar refractivity (Wildman–Crippen MR) is 160 cm³/mol. The molecule has 44 heavy (non-hydrogen) atoms. The molecular weight excluding hydrogens is 599 g/mol. The monoisotopic (exact) mass is 635 g/mol. The number of nitrogens with zero attached hydrogens (tertiary/aromatic N) is 7. The highest BCUT2D eigenvalue weighted by molar-refractivity contribution is 6.32. The van der Waals surface area contributed by atoms with Gasteiger partial charge in [-0.15, -0.1) is 0 Å². The van der Waals surface area contributed by atoms with Crippen LogP contribution in [-0.2, 0) is 11.3 Å². The number of carbonyl (C=O) groups excluding carboxylic acids is 2. The van der Waals surface area contributed by atoms with Crippen molar-refractivity contribution in [2.45, 2.75) is 44.3 Å². The lowest BCUT2D eigenvalue weighted by Crippen LogP contribution is -2.39. The molecule has 1 fully saturated rings. The Labute approximate surface area is 259 Å². The fourth-order valence-electron chi connectivity index (χ4n) is 5.36. The van der Waals surface area contributed by atoms with Crippen LogP contribution in [0.2, 0.25) is 5.15 Å². The van der Waals surface area contributed by atoms with E-state index in [0.717, 1.165) is 32.4 Å². The first-order chi connectivity index (χ1) is 21.0. The number of ether oxygens (including phenoxy) is 1. The Balaban J connectivity index is 1.24. The third-order valence-electron chi connectivity index (χ3n) is 7.96. The SMILES string of the molecule is COc1cccc([C@@H](C(=O)N(C)CCCC2CCN(c3ccc(C(=O)N(C)CCn4cncn4)c(Cl)n3)CC2)C(F)(F)F)c1. The van der Waals surface area contributed by atoms with E-state index in [-0.39, 0.29) is 28.9 Å². The fourth-order valence-corrected chi connectivity index (χ4v) is 5.59. The van der Waals surface area contributed by atoms with Crippen molar-refractivity contribution in [2.75, 3.05) is 52.3 Å². The number of carbonyl (C=O) groups is 2. The van der Waals surface area contributed by atoms with E-state index in [0.29, 0.717) is 36.8 Å². The van der Waals surface area contributed by atoms with Gasteiger partial charge in [0.15, 0.2) is 5.92 Å². The number of alkyl halides is 3. The molecule has 14 heteroatoms. The Morgan fingerprint density at radius 3 is 2.50 bits per heavy atom. The average Bonchev–Trinajstić information content (AvgIpc) is 3.53. The molecule has 0 N–H and O–H groups in total. The average molecular weight is 636 g/mol. The van der Waals surface area contributed by atoms with Gasteiger partial charge in [-0.3, -0.25) is 14.3 Å². The predicted octanol–water partition coefficient (Wildman–Crippen LogP) is 4.91. The lowest BCUT2D eigenvalue weighted by Gasteiger charge is -2.33. The van der Waals surface area contributed by atoms with E-state index < -0.39 is 18.0 Å². The minimum atomic E-state index is -4.72. The highest BCUT2D eigenvalue weighted by Crippen LogP contribution is 2.37. The maximum atomic E-state index is 13.9. The van der Waals surface area contributed by atoms with Crippen LogP contribution in [0.4, 0.5) is 19.0 Å². The van der Waals surface area contributed by atoms with E-state index in [9.17, 15) is 22.8 Å². The normalized spacial score (nSPS) is 14.8. The molecule has 238 valence electrons. The number of rotatable bonds is 12. The second kappa shape index (κ2) is 14.7. The topological polar surface area (TPSA) is 96.7 Å². The number of amides is 2. The standard InChI is InChI=1S/C30H37ClF3N7O3/c1-38(29(43)26(30(32,33)34)22-7-4-8-23(18-22)44-3)13-5-6-21-11-14-40(15-12-21)25-10-9-24(27(31)37-25)28(42)39(2)16-17-41-20-35-19-36-41/h4,7-10,18-21,26H,5-6,11-17H2,1-3H3/t26-/m0/s1. The van der Waals surface area contributed by atoms with Crippen LogP contribution in [0.1, 0.15) is 47.5 Å². The second-order valence-electron chi connectivity index (χ2n) is 11.0. The van der Waals surface area contributed by atoms with E-state index in [4.69, 9.17) is 16.3 Å². The van der Waals surface area contributed by atoms with E-state index in [2.05, 4.69) is 20.0 Å². The van der Waals surface area contributed by atoms with Crippen molar-refractivity contribution in [2.24, 2.45) is 5.92 Å². The summed E-state index contributed by atoms with van der Waals surface area (Å²) in [7, 11) is 4.48. The van der Waals surface area contributed by atoms with Crippen LogP contribution in [0.15, 0.2) is 49.1 Å². The maximum absolute atomic E-state index is 13.9. The van der Waals surface area contributed by atoms with Gasteiger partial charge in [0.05, 0.1) is 19.2 Å². The van der Waals surface area contributed by atoms with Crippen LogP contribution in [0, 0.1) is 5.92 Å². The maximum Gasteiger partial charge on any atom is 0.404 e. The van der Waals surface area contributed by atoms with Gasteiger partial charge in [0, 0.05) is 40.3 Å². The number of benzene rings is 1. The Hall–Kier alpha value is -3.87. The summed E-state index contributed by atoms with van der Waals surface area (Å²) in [4.78, 5) is 39.0. The molecule has 0 spiro atoms. The molecule has 0 radical (unpaired) electrons. The largest absolute Gasteiger partial charge is 0.497 e. The molecule has 2 amide bonds. The highest BCUT2D eigenvalue weighted by Gasteiger charge is 2.47. The number of piperidine rings is 1. The minimum absolute atomic E-state index is 0.137. The zero-order valence-electron chi connectivity index (χ0n) is 25.0. The van der Waals surface area contributed by atoms with Gasteiger partial charge in [0.1, 0.15) is 29.4 Å². The molecule has 3 aromatic rings. The number of likely N-dealkylation sites (N-methyl/N-ethyl adjacent to an activating group) is 2. The Bertz CT molecular complexity index is 1400. The van der Waals surface area contributed by atoms with Gasteiger partial charge in [0.25, 0.3) is 5.91 Å². The number of halogens is 4. The van der Waals surface area contributed by atoms with Crippen molar-refractivity contribution in [3.8, 4) is 5.75 Å². The summed E-state index contributed by atoms with van der Waals surface area (Å²) in [6.45, 7) is 2.64. The molecule has 0 unspecified atom stereocenters. The number of pyridine rings is 1. The summed E-state index contributed by atoms with van der Waals surface area (Å²) in [6, 6.07) is 9.04. The van der Waals surface area contributed by atoms with Crippen LogP contribution in [0.5, 0.6) is 5.75 Å². The Morgan fingerprint density at radius 2 is 1.86 bits per heavy atom. The van der Waals surface area contributed by atoms with E-state index >= 15 is 0 Å². The van der Waals surface area contributed by atoms with Crippen molar-refractivity contribution >= 4 is 29.2 Å². The highest BCUT2D eigenvalue weighted by atomic mass is 35.5. The molecule has 1 aliphatic rings. The summed E-state index contributed by atoms with van der Waals surface area (Å²) >= 11 is 6.42. The van der Waals surface area contributed by atoms with Crippen molar-refractivity contribution in [1.29, 1.82) is 0 Å². The molecule has 3 heterocycles. The lowest BCUT2D eigenvalue weighted by atomic mass is 9.92. The molecule has 0 aliphatic carbocycles. The molecule has 0 saturated carbocycles. The molecule has 1 atom stereocenters. The van der Waals surface area contributed by atoms with Crippen LogP contribution < -0.4 is 9.64 Å². The van der Waals surface area contributed by atoms with Gasteiger partial charge in [-0.2, -0.15) is 18.3 Å². The quantitative estimate of drug-likeness (QED) is 0.261. The molecule has 1 aromatic carbocycles. The van der Waals surface area contributed by atoms with Gasteiger partial charge >= 0.3 is 6.18 Å². The first kappa shape index (κ1) is 33.0. The van der Waals surface area contributed by atoms with Crippen molar-refractivity contribution in [3.05, 3.63) is 65.3 Å². The first-order valence-corrected chi connectivity index (χ1v) is 14.8. The van der Waals surface area contributed by atoms with Crippen LogP contribution >= 0.6 is 11.6 Å². The molecule has 4 rings (SSSR count). The van der Waals surface area contributed by atoms with Gasteiger partial charge in [-0.1, -0.05) is 23.7 Å². The van der Waals surface area contributed by atoms with Gasteiger partial charge < -0.3 is 19.4 Å². The third-order valence-corrected chi connectivity index (χ3v) is 8.25. The number of aromatic nitrogens is 4. The minimum Gasteiger partial charge on any atom is -0.497 e. The van der Waals surface area contributed by atoms with E-state index in [1.54, 1.807) is 41.2 Å². The van der Waals surface area contributed by atoms with E-state index in [1.165, 1.54) is 43.6 Å². The molecular formula is C30H37ClF3N7O3. The molecule has 0 bridgehead atoms. The zero-order chi connectivity index (χ0) is 31.9. The summed E-state index contributed by atoms with van der Waals surface area (Å²) in [5, 5.41) is 4.17. The Morgan fingerprint density at radius 1 is 1.11 bits per heavy atom. The van der Waals surface area contributed by atoms with Crippen molar-refractivity contribution in [1.82, 2.24) is 29.5 Å². The van der Waals surface area contributed by atoms with Crippen LogP contribution in [0.25, 0.3) is 0 Å². The Kier molecular flexibility index (Phi) is 11.1. The van der Waals surface area contributed by atoms with Crippen LogP contribution in [-0.4, -0.2) is 94.9 Å². The van der Waals surface area contributed by atoms with Gasteiger partial charge in [-0.25, -0.2) is 9.97 Å². The van der Waals surface area contributed by atoms with Crippen molar-refractivity contribution < 1.29 is 27.5 Å². The smallest absolute Gasteiger partial charge is 0.404 e. The number of hydrogen-bond donors (Lipinski definition) is 0. The summed E-state index contributed by atoms with van der Waals surface area (Å²) in [5.41, 5.74) is 0.187. The van der Waals surface area contributed by atoms with Crippen LogP contribution in [0.3, 0.4) is 0 Å². The van der Waals surface area contributed by atoms with E-state index in [1.807, 2.05) is 0 Å². The fraction of sp³-hybridized carbons (Fsp3) is 0.500. The van der Waals surface area contributed by atoms with Gasteiger partial charge in [-0.05, 0) is 61.4 Å². The van der Waals surface area contributed by atoms with Crippen molar-refractivity contribution in [3.63, 3.8) is 0 Å². The summed E-state index contributed by atoms with van der Waals surface area (Å²) < 4.78 is 48.4. The molecule has 1 saturated heterocycles.